The number of ether oxygens (including phenoxy) is 1. The van der Waals surface area contributed by atoms with Crippen molar-refractivity contribution in [2.45, 2.75) is 13.8 Å². The molecule has 1 N–H and O–H groups in total. The standard InChI is InChI=1S/C23H20N4O2/c1-16-5-7-18(8-6-16)23(28)26-19-9-11-20(12-10-19)29-22-15-21(24-17(2)25-22)27-13-3-4-14-27/h3-15H,1-2H3,(H,26,28). The first-order valence-corrected chi connectivity index (χ1v) is 9.22. The van der Waals surface area contributed by atoms with Crippen LogP contribution in [0.5, 0.6) is 11.6 Å². The van der Waals surface area contributed by atoms with E-state index in [9.17, 15) is 4.79 Å². The Labute approximate surface area is 168 Å². The number of hydrogen-bond donors (Lipinski definition) is 1. The average molecular weight is 384 g/mol. The monoisotopic (exact) mass is 384 g/mol. The number of amides is 1. The molecule has 2 heterocycles. The molecule has 29 heavy (non-hydrogen) atoms. The van der Waals surface area contributed by atoms with Crippen LogP contribution >= 0.6 is 0 Å². The van der Waals surface area contributed by atoms with Crippen LogP contribution in [0.2, 0.25) is 0 Å². The van der Waals surface area contributed by atoms with E-state index in [1.54, 1.807) is 30.3 Å². The molecule has 0 radical (unpaired) electrons. The number of nitrogens with one attached hydrogen (secondary N) is 1. The van der Waals surface area contributed by atoms with E-state index >= 15 is 0 Å². The fraction of sp³-hybridized carbons (Fsp3) is 0.0870. The van der Waals surface area contributed by atoms with E-state index in [1.807, 2.05) is 67.2 Å². The number of carbonyl (C=O) groups is 1. The van der Waals surface area contributed by atoms with Gasteiger partial charge in [-0.3, -0.25) is 4.79 Å². The summed E-state index contributed by atoms with van der Waals surface area (Å²) in [5.74, 6) is 2.28. The van der Waals surface area contributed by atoms with Crippen molar-refractivity contribution in [1.82, 2.24) is 14.5 Å². The summed E-state index contributed by atoms with van der Waals surface area (Å²) < 4.78 is 7.77. The number of aryl methyl sites for hydroxylation is 2. The lowest BCUT2D eigenvalue weighted by molar-refractivity contribution is 0.102. The van der Waals surface area contributed by atoms with Crippen LogP contribution in [0.25, 0.3) is 5.82 Å². The maximum Gasteiger partial charge on any atom is 0.255 e. The van der Waals surface area contributed by atoms with Crippen LogP contribution in [0.3, 0.4) is 0 Å². The lowest BCUT2D eigenvalue weighted by Gasteiger charge is -2.10. The molecule has 4 rings (SSSR count). The molecule has 0 saturated carbocycles. The Morgan fingerprint density at radius 1 is 0.931 bits per heavy atom. The van der Waals surface area contributed by atoms with Crippen molar-refractivity contribution >= 4 is 11.6 Å². The summed E-state index contributed by atoms with van der Waals surface area (Å²) in [5.41, 5.74) is 2.42. The van der Waals surface area contributed by atoms with Gasteiger partial charge >= 0.3 is 0 Å². The Balaban J connectivity index is 1.46. The summed E-state index contributed by atoms with van der Waals surface area (Å²) in [5, 5.41) is 2.88. The molecule has 4 aromatic rings. The van der Waals surface area contributed by atoms with Gasteiger partial charge in [-0.2, -0.15) is 4.98 Å². The van der Waals surface area contributed by atoms with Gasteiger partial charge in [0.15, 0.2) is 0 Å². The molecular formula is C23H20N4O2. The predicted molar refractivity (Wildman–Crippen MR) is 112 cm³/mol. The second kappa shape index (κ2) is 7.98. The van der Waals surface area contributed by atoms with Crippen molar-refractivity contribution in [1.29, 1.82) is 0 Å². The molecule has 0 unspecified atom stereocenters. The summed E-state index contributed by atoms with van der Waals surface area (Å²) in [6.07, 6.45) is 3.83. The first-order valence-electron chi connectivity index (χ1n) is 9.22. The first kappa shape index (κ1) is 18.4. The predicted octanol–water partition coefficient (Wildman–Crippen LogP) is 4.93. The van der Waals surface area contributed by atoms with E-state index in [2.05, 4.69) is 15.3 Å². The number of anilines is 1. The van der Waals surface area contributed by atoms with Crippen LogP contribution in [-0.4, -0.2) is 20.4 Å². The molecular weight excluding hydrogens is 364 g/mol. The Morgan fingerprint density at radius 2 is 1.62 bits per heavy atom. The van der Waals surface area contributed by atoms with Crippen molar-refractivity contribution in [3.8, 4) is 17.4 Å². The molecule has 0 bridgehead atoms. The summed E-state index contributed by atoms with van der Waals surface area (Å²) in [7, 11) is 0. The van der Waals surface area contributed by atoms with Crippen LogP contribution in [-0.2, 0) is 0 Å². The zero-order valence-corrected chi connectivity index (χ0v) is 16.2. The van der Waals surface area contributed by atoms with Crippen LogP contribution in [0.4, 0.5) is 5.69 Å². The summed E-state index contributed by atoms with van der Waals surface area (Å²) in [6.45, 7) is 3.81. The highest BCUT2D eigenvalue weighted by atomic mass is 16.5. The van der Waals surface area contributed by atoms with E-state index in [0.717, 1.165) is 11.4 Å². The second-order valence-electron chi connectivity index (χ2n) is 6.65. The van der Waals surface area contributed by atoms with Gasteiger partial charge < -0.3 is 14.6 Å². The SMILES string of the molecule is Cc1ccc(C(=O)Nc2ccc(Oc3cc(-n4cccc4)nc(C)n3)cc2)cc1. The molecule has 144 valence electrons. The Morgan fingerprint density at radius 3 is 2.31 bits per heavy atom. The quantitative estimate of drug-likeness (QED) is 0.530. The number of carbonyl (C=O) groups excluding carboxylic acids is 1. The molecule has 0 atom stereocenters. The summed E-state index contributed by atoms with van der Waals surface area (Å²) in [4.78, 5) is 21.1. The number of benzene rings is 2. The highest BCUT2D eigenvalue weighted by Crippen LogP contribution is 2.23. The number of aromatic nitrogens is 3. The highest BCUT2D eigenvalue weighted by molar-refractivity contribution is 6.04. The number of hydrogen-bond acceptors (Lipinski definition) is 4. The van der Waals surface area contributed by atoms with E-state index in [-0.39, 0.29) is 5.91 Å². The van der Waals surface area contributed by atoms with Crippen molar-refractivity contribution in [2.75, 3.05) is 5.32 Å². The minimum Gasteiger partial charge on any atom is -0.439 e. The number of nitrogens with zero attached hydrogens (tertiary/aromatic N) is 3. The Bertz CT molecular complexity index is 1120. The molecule has 0 spiro atoms. The maximum absolute atomic E-state index is 12.3. The van der Waals surface area contributed by atoms with Gasteiger partial charge in [0, 0.05) is 29.7 Å². The summed E-state index contributed by atoms with van der Waals surface area (Å²) in [6, 6.07) is 20.3. The van der Waals surface area contributed by atoms with Gasteiger partial charge in [-0.1, -0.05) is 17.7 Å². The van der Waals surface area contributed by atoms with Crippen molar-refractivity contribution in [3.63, 3.8) is 0 Å². The normalized spacial score (nSPS) is 10.6. The van der Waals surface area contributed by atoms with E-state index in [4.69, 9.17) is 4.74 Å². The smallest absolute Gasteiger partial charge is 0.255 e. The fourth-order valence-electron chi connectivity index (χ4n) is 2.83. The fourth-order valence-corrected chi connectivity index (χ4v) is 2.83. The molecule has 2 aromatic heterocycles. The van der Waals surface area contributed by atoms with Gasteiger partial charge in [0.05, 0.1) is 0 Å². The molecule has 0 fully saturated rings. The van der Waals surface area contributed by atoms with Crippen LogP contribution in [0.1, 0.15) is 21.7 Å². The first-order chi connectivity index (χ1) is 14.1. The van der Waals surface area contributed by atoms with Gasteiger partial charge in [0.1, 0.15) is 17.4 Å². The molecule has 6 nitrogen and oxygen atoms in total. The topological polar surface area (TPSA) is 69.0 Å². The van der Waals surface area contributed by atoms with Crippen LogP contribution in [0, 0.1) is 13.8 Å². The summed E-state index contributed by atoms with van der Waals surface area (Å²) >= 11 is 0. The van der Waals surface area contributed by atoms with Crippen molar-refractivity contribution in [3.05, 3.63) is 96.1 Å². The molecule has 0 saturated heterocycles. The lowest BCUT2D eigenvalue weighted by Crippen LogP contribution is -2.11. The average Bonchev–Trinajstić information content (AvgIpc) is 3.24. The van der Waals surface area contributed by atoms with Gasteiger partial charge in [-0.05, 0) is 62.4 Å². The number of rotatable bonds is 5. The maximum atomic E-state index is 12.3. The molecule has 0 aliphatic carbocycles. The third-order valence-corrected chi connectivity index (χ3v) is 4.32. The van der Waals surface area contributed by atoms with Gasteiger partial charge in [-0.25, -0.2) is 4.98 Å². The third kappa shape index (κ3) is 4.50. The second-order valence-corrected chi connectivity index (χ2v) is 6.65. The molecule has 1 amide bonds. The zero-order chi connectivity index (χ0) is 20.2. The van der Waals surface area contributed by atoms with E-state index < -0.39 is 0 Å². The molecule has 0 aliphatic rings. The third-order valence-electron chi connectivity index (χ3n) is 4.32. The van der Waals surface area contributed by atoms with E-state index in [1.165, 1.54) is 0 Å². The van der Waals surface area contributed by atoms with E-state index in [0.29, 0.717) is 28.7 Å². The highest BCUT2D eigenvalue weighted by Gasteiger charge is 2.08. The lowest BCUT2D eigenvalue weighted by atomic mass is 10.1. The van der Waals surface area contributed by atoms with Crippen molar-refractivity contribution < 1.29 is 9.53 Å². The van der Waals surface area contributed by atoms with Crippen LogP contribution < -0.4 is 10.1 Å². The molecule has 0 aliphatic heterocycles. The zero-order valence-electron chi connectivity index (χ0n) is 16.2. The van der Waals surface area contributed by atoms with Gasteiger partial charge in [0.25, 0.3) is 5.91 Å². The largest absolute Gasteiger partial charge is 0.439 e. The van der Waals surface area contributed by atoms with Crippen molar-refractivity contribution in [2.24, 2.45) is 0 Å². The molecule has 6 heteroatoms. The Kier molecular flexibility index (Phi) is 5.07. The minimum absolute atomic E-state index is 0.151. The van der Waals surface area contributed by atoms with Gasteiger partial charge in [-0.15, -0.1) is 0 Å². The minimum atomic E-state index is -0.151. The van der Waals surface area contributed by atoms with Crippen LogP contribution in [0.15, 0.2) is 79.1 Å². The Hall–Kier alpha value is -3.93. The molecule has 2 aromatic carbocycles. The van der Waals surface area contributed by atoms with Gasteiger partial charge in [0.2, 0.25) is 5.88 Å².